The van der Waals surface area contributed by atoms with Crippen molar-refractivity contribution in [3.05, 3.63) is 52.3 Å². The van der Waals surface area contributed by atoms with Crippen molar-refractivity contribution in [3.63, 3.8) is 0 Å². The predicted molar refractivity (Wildman–Crippen MR) is 86.9 cm³/mol. The minimum Gasteiger partial charge on any atom is -0.392 e. The Balaban J connectivity index is 1.80. The zero-order chi connectivity index (χ0) is 15.7. The molecule has 1 aromatic carbocycles. The van der Waals surface area contributed by atoms with Crippen LogP contribution in [-0.4, -0.2) is 24.7 Å². The predicted octanol–water partition coefficient (Wildman–Crippen LogP) is 2.83. The van der Waals surface area contributed by atoms with Gasteiger partial charge in [0.05, 0.1) is 6.61 Å². The summed E-state index contributed by atoms with van der Waals surface area (Å²) in [6, 6.07) is 7.91. The first-order valence-electron chi connectivity index (χ1n) is 7.10. The molecule has 0 aliphatic rings. The van der Waals surface area contributed by atoms with Crippen LogP contribution in [0.1, 0.15) is 28.1 Å². The van der Waals surface area contributed by atoms with Gasteiger partial charge in [-0.15, -0.1) is 5.10 Å². The SMILES string of the molecule is Cc1nc2nc(SCc3ccc(CO)cc3)nn2c(C)c1C. The molecule has 0 saturated heterocycles. The number of hydrogen-bond acceptors (Lipinski definition) is 5. The number of aliphatic hydroxyl groups excluding tert-OH is 1. The van der Waals surface area contributed by atoms with E-state index in [1.54, 1.807) is 16.3 Å². The average molecular weight is 314 g/mol. The molecule has 0 aliphatic heterocycles. The Morgan fingerprint density at radius 3 is 2.41 bits per heavy atom. The maximum absolute atomic E-state index is 9.05. The molecule has 0 amide bonds. The number of benzene rings is 1. The number of thioether (sulfide) groups is 1. The van der Waals surface area contributed by atoms with E-state index in [2.05, 4.69) is 15.1 Å². The standard InChI is InChI=1S/C16H18N4OS/c1-10-11(2)17-15-18-16(19-20(15)12(10)3)22-9-14-6-4-13(8-21)5-7-14/h4-7,21H,8-9H2,1-3H3. The maximum Gasteiger partial charge on any atom is 0.253 e. The van der Waals surface area contributed by atoms with Crippen LogP contribution in [0.15, 0.2) is 29.4 Å². The number of aromatic nitrogens is 4. The summed E-state index contributed by atoms with van der Waals surface area (Å²) in [5.41, 5.74) is 5.32. The van der Waals surface area contributed by atoms with Gasteiger partial charge in [-0.1, -0.05) is 36.0 Å². The van der Waals surface area contributed by atoms with E-state index < -0.39 is 0 Å². The average Bonchev–Trinajstić information content (AvgIpc) is 2.94. The summed E-state index contributed by atoms with van der Waals surface area (Å²) in [5, 5.41) is 14.3. The first-order chi connectivity index (χ1) is 10.6. The van der Waals surface area contributed by atoms with Gasteiger partial charge in [0.25, 0.3) is 5.78 Å². The quantitative estimate of drug-likeness (QED) is 0.750. The lowest BCUT2D eigenvalue weighted by molar-refractivity contribution is 0.282. The fourth-order valence-corrected chi connectivity index (χ4v) is 2.96. The Morgan fingerprint density at radius 2 is 1.73 bits per heavy atom. The van der Waals surface area contributed by atoms with Crippen molar-refractivity contribution in [3.8, 4) is 0 Å². The van der Waals surface area contributed by atoms with Crippen molar-refractivity contribution in [1.82, 2.24) is 19.6 Å². The zero-order valence-corrected chi connectivity index (χ0v) is 13.7. The van der Waals surface area contributed by atoms with Crippen LogP contribution in [-0.2, 0) is 12.4 Å². The van der Waals surface area contributed by atoms with Crippen LogP contribution in [0.3, 0.4) is 0 Å². The molecule has 5 nitrogen and oxygen atoms in total. The molecule has 3 aromatic rings. The first kappa shape index (κ1) is 15.0. The molecule has 0 bridgehead atoms. The molecule has 0 spiro atoms. The second-order valence-electron chi connectivity index (χ2n) is 5.28. The Bertz CT molecular complexity index is 811. The van der Waals surface area contributed by atoms with Crippen molar-refractivity contribution in [1.29, 1.82) is 0 Å². The van der Waals surface area contributed by atoms with Crippen molar-refractivity contribution in [2.75, 3.05) is 0 Å². The third-order valence-corrected chi connectivity index (χ3v) is 4.72. The van der Waals surface area contributed by atoms with Crippen molar-refractivity contribution in [2.24, 2.45) is 0 Å². The molecule has 0 unspecified atom stereocenters. The Hall–Kier alpha value is -1.92. The number of rotatable bonds is 4. The molecule has 0 aliphatic carbocycles. The summed E-state index contributed by atoms with van der Waals surface area (Å²) in [6.45, 7) is 6.15. The molecular formula is C16H18N4OS. The lowest BCUT2D eigenvalue weighted by atomic mass is 10.2. The summed E-state index contributed by atoms with van der Waals surface area (Å²) >= 11 is 1.59. The van der Waals surface area contributed by atoms with Crippen LogP contribution in [0.25, 0.3) is 5.78 Å². The van der Waals surface area contributed by atoms with E-state index in [-0.39, 0.29) is 6.61 Å². The molecule has 0 saturated carbocycles. The molecule has 0 radical (unpaired) electrons. The van der Waals surface area contributed by atoms with Gasteiger partial charge in [-0.25, -0.2) is 9.50 Å². The van der Waals surface area contributed by atoms with Gasteiger partial charge in [0.15, 0.2) is 0 Å². The Kier molecular flexibility index (Phi) is 4.13. The number of fused-ring (bicyclic) bond motifs is 1. The number of hydrogen-bond donors (Lipinski definition) is 1. The molecule has 2 aromatic heterocycles. The van der Waals surface area contributed by atoms with Crippen LogP contribution in [0.5, 0.6) is 0 Å². The molecule has 6 heteroatoms. The highest BCUT2D eigenvalue weighted by atomic mass is 32.2. The third kappa shape index (κ3) is 2.84. The normalized spacial score (nSPS) is 11.3. The highest BCUT2D eigenvalue weighted by Crippen LogP contribution is 2.21. The highest BCUT2D eigenvalue weighted by molar-refractivity contribution is 7.98. The van der Waals surface area contributed by atoms with E-state index in [1.807, 2.05) is 45.0 Å². The fourth-order valence-electron chi connectivity index (χ4n) is 2.19. The number of aliphatic hydroxyl groups is 1. The monoisotopic (exact) mass is 314 g/mol. The van der Waals surface area contributed by atoms with Crippen LogP contribution in [0, 0.1) is 20.8 Å². The van der Waals surface area contributed by atoms with Gasteiger partial charge in [-0.3, -0.25) is 0 Å². The number of nitrogens with zero attached hydrogens (tertiary/aromatic N) is 4. The third-order valence-electron chi connectivity index (χ3n) is 3.81. The van der Waals surface area contributed by atoms with Crippen molar-refractivity contribution in [2.45, 2.75) is 38.3 Å². The highest BCUT2D eigenvalue weighted by Gasteiger charge is 2.11. The van der Waals surface area contributed by atoms with E-state index in [4.69, 9.17) is 5.11 Å². The number of aryl methyl sites for hydroxylation is 2. The molecule has 1 N–H and O–H groups in total. The topological polar surface area (TPSA) is 63.3 Å². The second-order valence-corrected chi connectivity index (χ2v) is 6.22. The Morgan fingerprint density at radius 1 is 1.05 bits per heavy atom. The Labute approximate surface area is 133 Å². The van der Waals surface area contributed by atoms with Crippen molar-refractivity contribution >= 4 is 17.5 Å². The van der Waals surface area contributed by atoms with Gasteiger partial charge >= 0.3 is 0 Å². The summed E-state index contributed by atoms with van der Waals surface area (Å²) in [6.07, 6.45) is 0. The van der Waals surface area contributed by atoms with E-state index in [0.717, 1.165) is 33.4 Å². The van der Waals surface area contributed by atoms with Crippen LogP contribution < -0.4 is 0 Å². The fraction of sp³-hybridized carbons (Fsp3) is 0.312. The lowest BCUT2D eigenvalue weighted by Gasteiger charge is -2.04. The van der Waals surface area contributed by atoms with Gasteiger partial charge in [0.2, 0.25) is 5.16 Å². The van der Waals surface area contributed by atoms with Gasteiger partial charge in [-0.2, -0.15) is 4.98 Å². The van der Waals surface area contributed by atoms with Crippen LogP contribution in [0.2, 0.25) is 0 Å². The van der Waals surface area contributed by atoms with E-state index in [1.165, 1.54) is 5.56 Å². The minimum atomic E-state index is 0.0745. The van der Waals surface area contributed by atoms with E-state index in [0.29, 0.717) is 5.78 Å². The summed E-state index contributed by atoms with van der Waals surface area (Å²) in [4.78, 5) is 8.97. The van der Waals surface area contributed by atoms with Gasteiger partial charge < -0.3 is 5.11 Å². The van der Waals surface area contributed by atoms with Crippen LogP contribution >= 0.6 is 11.8 Å². The van der Waals surface area contributed by atoms with E-state index >= 15 is 0 Å². The van der Waals surface area contributed by atoms with Gasteiger partial charge in [0.1, 0.15) is 0 Å². The second kappa shape index (κ2) is 6.06. The summed E-state index contributed by atoms with van der Waals surface area (Å²) < 4.78 is 1.81. The van der Waals surface area contributed by atoms with Crippen LogP contribution in [0.4, 0.5) is 0 Å². The molecule has 2 heterocycles. The largest absolute Gasteiger partial charge is 0.392 e. The molecule has 3 rings (SSSR count). The summed E-state index contributed by atoms with van der Waals surface area (Å²) in [7, 11) is 0. The smallest absolute Gasteiger partial charge is 0.253 e. The molecular weight excluding hydrogens is 296 g/mol. The minimum absolute atomic E-state index is 0.0745. The van der Waals surface area contributed by atoms with Gasteiger partial charge in [-0.05, 0) is 37.5 Å². The van der Waals surface area contributed by atoms with Gasteiger partial charge in [0, 0.05) is 17.1 Å². The molecule has 0 atom stereocenters. The maximum atomic E-state index is 9.05. The van der Waals surface area contributed by atoms with E-state index in [9.17, 15) is 0 Å². The summed E-state index contributed by atoms with van der Waals surface area (Å²) in [5.74, 6) is 1.44. The first-order valence-corrected chi connectivity index (χ1v) is 8.09. The molecule has 22 heavy (non-hydrogen) atoms. The van der Waals surface area contributed by atoms with Crippen molar-refractivity contribution < 1.29 is 5.11 Å². The molecule has 0 fully saturated rings. The lowest BCUT2D eigenvalue weighted by Crippen LogP contribution is -2.02. The zero-order valence-electron chi connectivity index (χ0n) is 12.9. The molecule has 114 valence electrons.